The maximum atomic E-state index is 3.30. The third kappa shape index (κ3) is 2.00. The fraction of sp³-hybridized carbons (Fsp3) is 0.333. The number of hydrogen-bond acceptors (Lipinski definition) is 3. The predicted molar refractivity (Wildman–Crippen MR) is 52.4 cm³/mol. The highest BCUT2D eigenvalue weighted by molar-refractivity contribution is 7.97. The van der Waals surface area contributed by atoms with Crippen molar-refractivity contribution in [1.82, 2.24) is 9.84 Å². The molecule has 0 aliphatic carbocycles. The maximum absolute atomic E-state index is 3.30. The smallest absolute Gasteiger partial charge is 0.0495 e. The van der Waals surface area contributed by atoms with Gasteiger partial charge in [-0.05, 0) is 5.56 Å². The highest BCUT2D eigenvalue weighted by Gasteiger charge is 2.10. The van der Waals surface area contributed by atoms with Gasteiger partial charge in [0, 0.05) is 18.8 Å². The minimum absolute atomic E-state index is 0.992. The topological polar surface area (TPSA) is 15.3 Å². The number of hydrazine groups is 1. The molecule has 0 aromatic heterocycles. The number of nitrogens with zero attached hydrogens (tertiary/aromatic N) is 1. The van der Waals surface area contributed by atoms with Crippen LogP contribution in [0.15, 0.2) is 30.3 Å². The molecule has 2 rings (SSSR count). The van der Waals surface area contributed by atoms with Gasteiger partial charge in [0.15, 0.2) is 0 Å². The first kappa shape index (κ1) is 8.10. The second-order valence-corrected chi connectivity index (χ2v) is 3.87. The van der Waals surface area contributed by atoms with Gasteiger partial charge in [0.2, 0.25) is 0 Å². The Morgan fingerprint density at radius 3 is 2.83 bits per heavy atom. The van der Waals surface area contributed by atoms with Crippen molar-refractivity contribution < 1.29 is 0 Å². The third-order valence-corrected chi connectivity index (χ3v) is 2.76. The molecular weight excluding hydrogens is 168 g/mol. The zero-order chi connectivity index (χ0) is 8.23. The van der Waals surface area contributed by atoms with Crippen molar-refractivity contribution in [1.29, 1.82) is 0 Å². The van der Waals surface area contributed by atoms with Gasteiger partial charge in [-0.1, -0.05) is 42.3 Å². The van der Waals surface area contributed by atoms with E-state index in [2.05, 4.69) is 34.1 Å². The quantitative estimate of drug-likeness (QED) is 0.697. The second kappa shape index (κ2) is 3.94. The highest BCUT2D eigenvalue weighted by Crippen LogP contribution is 2.15. The zero-order valence-corrected chi connectivity index (χ0v) is 7.68. The van der Waals surface area contributed by atoms with Gasteiger partial charge in [-0.25, -0.2) is 5.43 Å². The Morgan fingerprint density at radius 1 is 1.33 bits per heavy atom. The fourth-order valence-corrected chi connectivity index (χ4v) is 2.05. The summed E-state index contributed by atoms with van der Waals surface area (Å²) in [6.45, 7) is 2.09. The minimum Gasteiger partial charge on any atom is -0.244 e. The van der Waals surface area contributed by atoms with Gasteiger partial charge in [-0.3, -0.25) is 0 Å². The van der Waals surface area contributed by atoms with E-state index in [4.69, 9.17) is 0 Å². The van der Waals surface area contributed by atoms with Crippen LogP contribution in [0.5, 0.6) is 0 Å². The lowest BCUT2D eigenvalue weighted by atomic mass is 10.2. The van der Waals surface area contributed by atoms with E-state index in [1.165, 1.54) is 11.3 Å². The molecule has 1 saturated heterocycles. The number of hydrogen-bond donors (Lipinski definition) is 1. The lowest BCUT2D eigenvalue weighted by molar-refractivity contribution is 0.379. The van der Waals surface area contributed by atoms with E-state index in [1.807, 2.05) is 18.0 Å². The fourth-order valence-electron chi connectivity index (χ4n) is 1.22. The van der Waals surface area contributed by atoms with Crippen LogP contribution < -0.4 is 5.43 Å². The molecule has 3 heteroatoms. The normalized spacial score (nSPS) is 18.3. The molecule has 12 heavy (non-hydrogen) atoms. The molecule has 0 saturated carbocycles. The number of benzene rings is 1. The average Bonchev–Trinajstić information content (AvgIpc) is 2.59. The van der Waals surface area contributed by atoms with Gasteiger partial charge < -0.3 is 0 Å². The summed E-state index contributed by atoms with van der Waals surface area (Å²) in [7, 11) is 0. The van der Waals surface area contributed by atoms with E-state index in [1.54, 1.807) is 0 Å². The summed E-state index contributed by atoms with van der Waals surface area (Å²) in [5, 5.41) is 0. The van der Waals surface area contributed by atoms with Crippen molar-refractivity contribution >= 4 is 11.9 Å². The van der Waals surface area contributed by atoms with Gasteiger partial charge in [-0.2, -0.15) is 4.41 Å². The molecule has 0 atom stereocenters. The molecule has 0 unspecified atom stereocenters. The first-order chi connectivity index (χ1) is 5.95. The molecule has 0 bridgehead atoms. The Morgan fingerprint density at radius 2 is 2.17 bits per heavy atom. The Labute approximate surface area is 77.1 Å². The van der Waals surface area contributed by atoms with Crippen molar-refractivity contribution in [3.05, 3.63) is 35.9 Å². The molecule has 0 amide bonds. The van der Waals surface area contributed by atoms with Crippen LogP contribution in [0.4, 0.5) is 0 Å². The Balaban J connectivity index is 1.94. The van der Waals surface area contributed by atoms with Crippen molar-refractivity contribution in [2.75, 3.05) is 12.3 Å². The monoisotopic (exact) mass is 180 g/mol. The molecule has 1 aliphatic heterocycles. The van der Waals surface area contributed by atoms with E-state index in [9.17, 15) is 0 Å². The molecule has 64 valence electrons. The van der Waals surface area contributed by atoms with Crippen LogP contribution in [-0.2, 0) is 6.54 Å². The molecule has 0 radical (unpaired) electrons. The molecule has 1 aromatic rings. The van der Waals surface area contributed by atoms with Crippen LogP contribution >= 0.6 is 11.9 Å². The van der Waals surface area contributed by atoms with Crippen LogP contribution in [0.25, 0.3) is 0 Å². The Hall–Kier alpha value is -0.510. The SMILES string of the molecule is c1ccc(CN2NCCS2)cc1. The molecule has 2 nitrogen and oxygen atoms in total. The van der Waals surface area contributed by atoms with E-state index in [-0.39, 0.29) is 0 Å². The Kier molecular flexibility index (Phi) is 2.66. The van der Waals surface area contributed by atoms with E-state index in [0.717, 1.165) is 13.1 Å². The van der Waals surface area contributed by atoms with Crippen LogP contribution in [0.2, 0.25) is 0 Å². The number of nitrogens with one attached hydrogen (secondary N) is 1. The van der Waals surface area contributed by atoms with Crippen molar-refractivity contribution in [2.24, 2.45) is 0 Å². The standard InChI is InChI=1S/C9H12N2S/c1-2-4-9(5-3-1)8-11-10-6-7-12-11/h1-5,10H,6-8H2. The molecule has 1 N–H and O–H groups in total. The van der Waals surface area contributed by atoms with Crippen LogP contribution in [0.3, 0.4) is 0 Å². The minimum atomic E-state index is 0.992. The van der Waals surface area contributed by atoms with Crippen LogP contribution in [-0.4, -0.2) is 16.7 Å². The lowest BCUT2D eigenvalue weighted by Crippen LogP contribution is -2.25. The summed E-state index contributed by atoms with van der Waals surface area (Å²) in [4.78, 5) is 0. The highest BCUT2D eigenvalue weighted by atomic mass is 32.2. The lowest BCUT2D eigenvalue weighted by Gasteiger charge is -2.12. The first-order valence-electron chi connectivity index (χ1n) is 4.13. The number of rotatable bonds is 2. The van der Waals surface area contributed by atoms with Gasteiger partial charge in [0.1, 0.15) is 0 Å². The third-order valence-electron chi connectivity index (χ3n) is 1.81. The van der Waals surface area contributed by atoms with Crippen LogP contribution in [0.1, 0.15) is 5.56 Å². The maximum Gasteiger partial charge on any atom is 0.0495 e. The molecule has 1 aliphatic rings. The molecule has 1 heterocycles. The van der Waals surface area contributed by atoms with Crippen molar-refractivity contribution in [3.8, 4) is 0 Å². The molecule has 0 spiro atoms. The van der Waals surface area contributed by atoms with Gasteiger partial charge in [-0.15, -0.1) is 0 Å². The summed E-state index contributed by atoms with van der Waals surface area (Å²) >= 11 is 1.86. The summed E-state index contributed by atoms with van der Waals surface area (Å²) in [5.74, 6) is 1.19. The van der Waals surface area contributed by atoms with Gasteiger partial charge >= 0.3 is 0 Å². The largest absolute Gasteiger partial charge is 0.244 e. The molecular formula is C9H12N2S. The molecule has 1 aromatic carbocycles. The summed E-state index contributed by atoms with van der Waals surface area (Å²) in [6, 6.07) is 10.5. The van der Waals surface area contributed by atoms with E-state index < -0.39 is 0 Å². The average molecular weight is 180 g/mol. The Bertz CT molecular complexity index is 232. The zero-order valence-electron chi connectivity index (χ0n) is 6.86. The first-order valence-corrected chi connectivity index (χ1v) is 5.07. The van der Waals surface area contributed by atoms with E-state index >= 15 is 0 Å². The van der Waals surface area contributed by atoms with Crippen LogP contribution in [0, 0.1) is 0 Å². The second-order valence-electron chi connectivity index (χ2n) is 2.76. The summed E-state index contributed by atoms with van der Waals surface area (Å²) in [5.41, 5.74) is 4.66. The van der Waals surface area contributed by atoms with Crippen molar-refractivity contribution in [3.63, 3.8) is 0 Å². The van der Waals surface area contributed by atoms with Gasteiger partial charge in [0.25, 0.3) is 0 Å². The van der Waals surface area contributed by atoms with Gasteiger partial charge in [0.05, 0.1) is 0 Å². The summed E-state index contributed by atoms with van der Waals surface area (Å²) < 4.78 is 2.19. The summed E-state index contributed by atoms with van der Waals surface area (Å²) in [6.07, 6.45) is 0. The van der Waals surface area contributed by atoms with E-state index in [0.29, 0.717) is 0 Å². The van der Waals surface area contributed by atoms with Crippen molar-refractivity contribution in [2.45, 2.75) is 6.54 Å². The molecule has 1 fully saturated rings. The predicted octanol–water partition coefficient (Wildman–Crippen LogP) is 1.65.